The minimum absolute atomic E-state index is 0. The Hall–Kier alpha value is -1.77. The lowest BCUT2D eigenvalue weighted by atomic mass is 9.98. The van der Waals surface area contributed by atoms with Gasteiger partial charge in [0.25, 0.3) is 0 Å². The number of nitrogens with zero attached hydrogens (tertiary/aromatic N) is 2. The predicted molar refractivity (Wildman–Crippen MR) is 120 cm³/mol. The second-order valence-corrected chi connectivity index (χ2v) is 6.33. The van der Waals surface area contributed by atoms with E-state index in [0.717, 1.165) is 42.7 Å². The zero-order chi connectivity index (χ0) is 18.9. The third-order valence-corrected chi connectivity index (χ3v) is 4.34. The maximum absolute atomic E-state index is 5.58. The van der Waals surface area contributed by atoms with Crippen LogP contribution in [0.3, 0.4) is 0 Å². The summed E-state index contributed by atoms with van der Waals surface area (Å²) in [7, 11) is 1.69. The Kier molecular flexibility index (Phi) is 10.2. The molecule has 0 saturated heterocycles. The zero-order valence-electron chi connectivity index (χ0n) is 16.8. The van der Waals surface area contributed by atoms with E-state index in [1.54, 1.807) is 7.11 Å². The summed E-state index contributed by atoms with van der Waals surface area (Å²) in [5, 5.41) is 6.64. The van der Waals surface area contributed by atoms with Gasteiger partial charge in [-0.25, -0.2) is 9.98 Å². The first kappa shape index (κ1) is 23.3. The Labute approximate surface area is 179 Å². The number of guanidine groups is 1. The topological polar surface area (TPSA) is 71.7 Å². The van der Waals surface area contributed by atoms with Gasteiger partial charge in [-0.2, -0.15) is 0 Å². The molecular formula is C20H31IN4O2. The molecule has 1 aromatic heterocycles. The SMILES string of the molecule is CCNC(=NCc1nc(C)c(C)o1)NCCC(C)c1ccc(OC)cc1.I. The molecule has 6 nitrogen and oxygen atoms in total. The molecular weight excluding hydrogens is 455 g/mol. The van der Waals surface area contributed by atoms with Crippen LogP contribution >= 0.6 is 24.0 Å². The quantitative estimate of drug-likeness (QED) is 0.333. The molecule has 1 unspecified atom stereocenters. The predicted octanol–water partition coefficient (Wildman–Crippen LogP) is 4.17. The summed E-state index contributed by atoms with van der Waals surface area (Å²) in [6, 6.07) is 8.25. The average Bonchev–Trinajstić information content (AvgIpc) is 2.97. The van der Waals surface area contributed by atoms with Crippen LogP contribution in [0.25, 0.3) is 0 Å². The van der Waals surface area contributed by atoms with Crippen LogP contribution in [0.2, 0.25) is 0 Å². The van der Waals surface area contributed by atoms with Gasteiger partial charge in [-0.15, -0.1) is 24.0 Å². The highest BCUT2D eigenvalue weighted by molar-refractivity contribution is 14.0. The van der Waals surface area contributed by atoms with Crippen LogP contribution in [0.4, 0.5) is 0 Å². The van der Waals surface area contributed by atoms with Gasteiger partial charge in [0.1, 0.15) is 18.1 Å². The normalized spacial score (nSPS) is 12.3. The van der Waals surface area contributed by atoms with Crippen LogP contribution in [-0.4, -0.2) is 31.1 Å². The largest absolute Gasteiger partial charge is 0.497 e. The Morgan fingerprint density at radius 3 is 2.48 bits per heavy atom. The number of hydrogen-bond acceptors (Lipinski definition) is 4. The third-order valence-electron chi connectivity index (χ3n) is 4.34. The van der Waals surface area contributed by atoms with E-state index < -0.39 is 0 Å². The molecule has 0 radical (unpaired) electrons. The fraction of sp³-hybridized carbons (Fsp3) is 0.500. The van der Waals surface area contributed by atoms with Gasteiger partial charge >= 0.3 is 0 Å². The minimum atomic E-state index is 0. The second-order valence-electron chi connectivity index (χ2n) is 6.33. The summed E-state index contributed by atoms with van der Waals surface area (Å²) in [4.78, 5) is 8.92. The molecule has 0 aliphatic carbocycles. The van der Waals surface area contributed by atoms with Crippen LogP contribution in [-0.2, 0) is 6.54 Å². The highest BCUT2D eigenvalue weighted by atomic mass is 127. The molecule has 27 heavy (non-hydrogen) atoms. The molecule has 0 bridgehead atoms. The van der Waals surface area contributed by atoms with Gasteiger partial charge in [-0.3, -0.25) is 0 Å². The van der Waals surface area contributed by atoms with Crippen molar-refractivity contribution in [2.75, 3.05) is 20.2 Å². The van der Waals surface area contributed by atoms with Gasteiger partial charge in [0.15, 0.2) is 5.96 Å². The first-order valence-electron chi connectivity index (χ1n) is 9.12. The van der Waals surface area contributed by atoms with E-state index in [4.69, 9.17) is 9.15 Å². The molecule has 2 N–H and O–H groups in total. The number of nitrogens with one attached hydrogen (secondary N) is 2. The van der Waals surface area contributed by atoms with Crippen molar-refractivity contribution in [2.24, 2.45) is 4.99 Å². The van der Waals surface area contributed by atoms with Gasteiger partial charge in [0.05, 0.1) is 12.8 Å². The summed E-state index contributed by atoms with van der Waals surface area (Å²) in [5.41, 5.74) is 2.22. The van der Waals surface area contributed by atoms with Gasteiger partial charge < -0.3 is 19.8 Å². The van der Waals surface area contributed by atoms with Gasteiger partial charge in [0.2, 0.25) is 5.89 Å². The molecule has 0 fully saturated rings. The number of halogens is 1. The monoisotopic (exact) mass is 486 g/mol. The van der Waals surface area contributed by atoms with Crippen molar-refractivity contribution >= 4 is 29.9 Å². The Morgan fingerprint density at radius 2 is 1.93 bits per heavy atom. The van der Waals surface area contributed by atoms with Crippen LogP contribution in [0.15, 0.2) is 33.7 Å². The first-order valence-corrected chi connectivity index (χ1v) is 9.12. The number of methoxy groups -OCH3 is 1. The first-order chi connectivity index (χ1) is 12.5. The van der Waals surface area contributed by atoms with E-state index in [9.17, 15) is 0 Å². The van der Waals surface area contributed by atoms with Crippen molar-refractivity contribution in [3.05, 3.63) is 47.2 Å². The van der Waals surface area contributed by atoms with Crippen molar-refractivity contribution in [2.45, 2.75) is 46.6 Å². The van der Waals surface area contributed by atoms with Crippen LogP contribution in [0, 0.1) is 13.8 Å². The van der Waals surface area contributed by atoms with Gasteiger partial charge in [-0.1, -0.05) is 19.1 Å². The highest BCUT2D eigenvalue weighted by Crippen LogP contribution is 2.21. The third kappa shape index (κ3) is 7.40. The molecule has 0 aliphatic heterocycles. The summed E-state index contributed by atoms with van der Waals surface area (Å²) < 4.78 is 10.8. The maximum atomic E-state index is 5.58. The van der Waals surface area contributed by atoms with Crippen LogP contribution in [0.1, 0.15) is 49.1 Å². The minimum Gasteiger partial charge on any atom is -0.497 e. The summed E-state index contributed by atoms with van der Waals surface area (Å²) in [5.74, 6) is 3.61. The van der Waals surface area contributed by atoms with Gasteiger partial charge in [-0.05, 0) is 50.8 Å². The molecule has 2 rings (SSSR count). The highest BCUT2D eigenvalue weighted by Gasteiger charge is 2.08. The van der Waals surface area contributed by atoms with Gasteiger partial charge in [0, 0.05) is 13.1 Å². The summed E-state index contributed by atoms with van der Waals surface area (Å²) >= 11 is 0. The standard InChI is InChI=1S/C20H30N4O2.HI/c1-6-21-20(23-13-19-24-15(3)16(4)26-19)22-12-11-14(2)17-7-9-18(25-5)10-8-17;/h7-10,14H,6,11-13H2,1-5H3,(H2,21,22,23);1H. The Morgan fingerprint density at radius 1 is 1.22 bits per heavy atom. The molecule has 7 heteroatoms. The fourth-order valence-electron chi connectivity index (χ4n) is 2.60. The number of benzene rings is 1. The lowest BCUT2D eigenvalue weighted by Crippen LogP contribution is -2.38. The van der Waals surface area contributed by atoms with Crippen molar-refractivity contribution in [1.82, 2.24) is 15.6 Å². The van der Waals surface area contributed by atoms with E-state index in [1.807, 2.05) is 26.0 Å². The molecule has 0 aliphatic rings. The van der Waals surface area contributed by atoms with Crippen molar-refractivity contribution in [3.8, 4) is 5.75 Å². The molecule has 1 heterocycles. The lowest BCUT2D eigenvalue weighted by molar-refractivity contribution is 0.414. The molecule has 0 spiro atoms. The number of rotatable bonds is 8. The summed E-state index contributed by atoms with van der Waals surface area (Å²) in [6.45, 7) is 10.2. The van der Waals surface area contributed by atoms with Crippen molar-refractivity contribution in [3.63, 3.8) is 0 Å². The molecule has 2 aromatic rings. The number of aliphatic imine (C=N–C) groups is 1. The zero-order valence-corrected chi connectivity index (χ0v) is 19.2. The summed E-state index contributed by atoms with van der Waals surface area (Å²) in [6.07, 6.45) is 1.01. The average molecular weight is 486 g/mol. The van der Waals surface area contributed by atoms with Crippen LogP contribution < -0.4 is 15.4 Å². The number of aromatic nitrogens is 1. The maximum Gasteiger partial charge on any atom is 0.216 e. The Bertz CT molecular complexity index is 694. The van der Waals surface area contributed by atoms with E-state index in [2.05, 4.69) is 46.6 Å². The number of hydrogen-bond donors (Lipinski definition) is 2. The van der Waals surface area contributed by atoms with Crippen molar-refractivity contribution in [1.29, 1.82) is 0 Å². The van der Waals surface area contributed by atoms with Crippen LogP contribution in [0.5, 0.6) is 5.75 Å². The van der Waals surface area contributed by atoms with E-state index in [1.165, 1.54) is 5.56 Å². The molecule has 1 aromatic carbocycles. The Balaban J connectivity index is 0.00000364. The van der Waals surface area contributed by atoms with E-state index >= 15 is 0 Å². The molecule has 0 saturated carbocycles. The van der Waals surface area contributed by atoms with E-state index in [-0.39, 0.29) is 24.0 Å². The number of oxazole rings is 1. The lowest BCUT2D eigenvalue weighted by Gasteiger charge is -2.15. The number of aryl methyl sites for hydroxylation is 2. The second kappa shape index (κ2) is 11.8. The smallest absolute Gasteiger partial charge is 0.216 e. The molecule has 1 atom stereocenters. The number of ether oxygens (including phenoxy) is 1. The molecule has 0 amide bonds. The van der Waals surface area contributed by atoms with Crippen molar-refractivity contribution < 1.29 is 9.15 Å². The molecule has 150 valence electrons. The van der Waals surface area contributed by atoms with E-state index in [0.29, 0.717) is 18.4 Å². The fourth-order valence-corrected chi connectivity index (χ4v) is 2.60.